The molecule has 2 unspecified atom stereocenters. The molecule has 1 amide bonds. The Bertz CT molecular complexity index is 508. The van der Waals surface area contributed by atoms with E-state index in [1.54, 1.807) is 0 Å². The van der Waals surface area contributed by atoms with Crippen LogP contribution in [0.4, 0.5) is 0 Å². The summed E-state index contributed by atoms with van der Waals surface area (Å²) in [7, 11) is 0. The fourth-order valence-electron chi connectivity index (χ4n) is 2.17. The average molecular weight is 321 g/mol. The second-order valence-electron chi connectivity index (χ2n) is 6.72. The molecule has 0 saturated carbocycles. The zero-order chi connectivity index (χ0) is 17.5. The van der Waals surface area contributed by atoms with Crippen molar-refractivity contribution in [3.63, 3.8) is 0 Å². The van der Waals surface area contributed by atoms with Gasteiger partial charge in [0.25, 0.3) is 0 Å². The van der Waals surface area contributed by atoms with E-state index in [1.807, 2.05) is 58.0 Å². The quantitative estimate of drug-likeness (QED) is 0.772. The first-order chi connectivity index (χ1) is 10.7. The molecule has 5 nitrogen and oxygen atoms in total. The summed E-state index contributed by atoms with van der Waals surface area (Å²) in [5.74, 6) is -1.26. The van der Waals surface area contributed by atoms with E-state index >= 15 is 0 Å². The van der Waals surface area contributed by atoms with Gasteiger partial charge in [-0.2, -0.15) is 0 Å². The topological polar surface area (TPSA) is 75.6 Å². The highest BCUT2D eigenvalue weighted by molar-refractivity contribution is 5.83. The molecule has 1 rings (SSSR count). The lowest BCUT2D eigenvalue weighted by molar-refractivity contribution is -0.142. The molecule has 0 aromatic heterocycles. The zero-order valence-corrected chi connectivity index (χ0v) is 14.3. The molecule has 0 heterocycles. The number of hydrogen-bond donors (Lipinski definition) is 2. The number of benzene rings is 1. The molecule has 0 radical (unpaired) electrons. The maximum Gasteiger partial charge on any atom is 0.326 e. The van der Waals surface area contributed by atoms with Gasteiger partial charge in [-0.05, 0) is 32.3 Å². The minimum absolute atomic E-state index is 0.0384. The maximum atomic E-state index is 12.1. The SMILES string of the molecule is CC(CC(=O)NC(CCOC(C)(C)C)C(=O)O)c1ccccc1. The largest absolute Gasteiger partial charge is 0.480 e. The number of carboxylic acids is 1. The van der Waals surface area contributed by atoms with Crippen molar-refractivity contribution in [3.05, 3.63) is 35.9 Å². The van der Waals surface area contributed by atoms with Gasteiger partial charge >= 0.3 is 5.97 Å². The summed E-state index contributed by atoms with van der Waals surface area (Å²) < 4.78 is 5.53. The van der Waals surface area contributed by atoms with E-state index < -0.39 is 12.0 Å². The average Bonchev–Trinajstić information content (AvgIpc) is 2.45. The van der Waals surface area contributed by atoms with Crippen LogP contribution in [-0.4, -0.2) is 35.2 Å². The Morgan fingerprint density at radius 1 is 1.22 bits per heavy atom. The fourth-order valence-corrected chi connectivity index (χ4v) is 2.17. The smallest absolute Gasteiger partial charge is 0.326 e. The molecule has 2 N–H and O–H groups in total. The van der Waals surface area contributed by atoms with Crippen molar-refractivity contribution in [3.8, 4) is 0 Å². The molecule has 1 aromatic rings. The van der Waals surface area contributed by atoms with Crippen molar-refractivity contribution in [2.45, 2.75) is 58.1 Å². The summed E-state index contributed by atoms with van der Waals surface area (Å²) in [4.78, 5) is 23.4. The van der Waals surface area contributed by atoms with Gasteiger partial charge in [0.05, 0.1) is 5.60 Å². The molecule has 1 aromatic carbocycles. The van der Waals surface area contributed by atoms with Gasteiger partial charge in [0.15, 0.2) is 0 Å². The van der Waals surface area contributed by atoms with Gasteiger partial charge in [-0.15, -0.1) is 0 Å². The van der Waals surface area contributed by atoms with Crippen molar-refractivity contribution in [1.82, 2.24) is 5.32 Å². The van der Waals surface area contributed by atoms with Crippen molar-refractivity contribution in [1.29, 1.82) is 0 Å². The number of hydrogen-bond acceptors (Lipinski definition) is 3. The second kappa shape index (κ2) is 8.67. The molecule has 0 spiro atoms. The minimum atomic E-state index is -1.04. The van der Waals surface area contributed by atoms with E-state index in [-0.39, 0.29) is 36.9 Å². The molecule has 0 bridgehead atoms. The van der Waals surface area contributed by atoms with E-state index in [0.29, 0.717) is 0 Å². The highest BCUT2D eigenvalue weighted by Gasteiger charge is 2.22. The van der Waals surface area contributed by atoms with Crippen molar-refractivity contribution in [2.75, 3.05) is 6.61 Å². The van der Waals surface area contributed by atoms with Gasteiger partial charge in [0, 0.05) is 19.4 Å². The predicted molar refractivity (Wildman–Crippen MR) is 89.4 cm³/mol. The van der Waals surface area contributed by atoms with Crippen molar-refractivity contribution in [2.24, 2.45) is 0 Å². The number of carbonyl (C=O) groups is 2. The third-order valence-electron chi connectivity index (χ3n) is 3.44. The van der Waals surface area contributed by atoms with Crippen molar-refractivity contribution < 1.29 is 19.4 Å². The van der Waals surface area contributed by atoms with Crippen LogP contribution in [-0.2, 0) is 14.3 Å². The molecular formula is C18H27NO4. The Balaban J connectivity index is 2.49. The van der Waals surface area contributed by atoms with E-state index in [0.717, 1.165) is 5.56 Å². The molecule has 0 aliphatic rings. The number of amides is 1. The van der Waals surface area contributed by atoms with Crippen LogP contribution in [0.2, 0.25) is 0 Å². The van der Waals surface area contributed by atoms with Gasteiger partial charge < -0.3 is 15.2 Å². The van der Waals surface area contributed by atoms with Crippen LogP contribution in [0.1, 0.15) is 52.0 Å². The molecular weight excluding hydrogens is 294 g/mol. The number of ether oxygens (including phenoxy) is 1. The Labute approximate surface area is 138 Å². The Morgan fingerprint density at radius 2 is 1.83 bits per heavy atom. The first-order valence-electron chi connectivity index (χ1n) is 7.90. The number of carboxylic acid groups (broad SMARTS) is 1. The van der Waals surface area contributed by atoms with E-state index in [2.05, 4.69) is 5.32 Å². The molecule has 0 fully saturated rings. The van der Waals surface area contributed by atoms with E-state index in [4.69, 9.17) is 4.74 Å². The molecule has 0 aliphatic carbocycles. The molecule has 5 heteroatoms. The summed E-state index contributed by atoms with van der Waals surface area (Å²) in [6.45, 7) is 7.96. The van der Waals surface area contributed by atoms with Gasteiger partial charge in [-0.3, -0.25) is 4.79 Å². The first kappa shape index (κ1) is 19.2. The Hall–Kier alpha value is -1.88. The van der Waals surface area contributed by atoms with Gasteiger partial charge in [-0.1, -0.05) is 37.3 Å². The van der Waals surface area contributed by atoms with Crippen LogP contribution in [0.25, 0.3) is 0 Å². The second-order valence-corrected chi connectivity index (χ2v) is 6.72. The lowest BCUT2D eigenvalue weighted by Crippen LogP contribution is -2.42. The van der Waals surface area contributed by atoms with Crippen LogP contribution < -0.4 is 5.32 Å². The Morgan fingerprint density at radius 3 is 2.35 bits per heavy atom. The summed E-state index contributed by atoms with van der Waals surface area (Å²) in [5.41, 5.74) is 0.736. The number of rotatable bonds is 8. The first-order valence-corrected chi connectivity index (χ1v) is 7.90. The van der Waals surface area contributed by atoms with Crippen LogP contribution in [0, 0.1) is 0 Å². The third kappa shape index (κ3) is 7.79. The third-order valence-corrected chi connectivity index (χ3v) is 3.44. The Kier molecular flexibility index (Phi) is 7.23. The summed E-state index contributed by atoms with van der Waals surface area (Å²) >= 11 is 0. The van der Waals surface area contributed by atoms with Gasteiger partial charge in [0.2, 0.25) is 5.91 Å². The van der Waals surface area contributed by atoms with Crippen LogP contribution in [0.3, 0.4) is 0 Å². The molecule has 0 saturated heterocycles. The summed E-state index contributed by atoms with van der Waals surface area (Å²) in [6.07, 6.45) is 0.506. The summed E-state index contributed by atoms with van der Waals surface area (Å²) in [6, 6.07) is 8.77. The fraction of sp³-hybridized carbons (Fsp3) is 0.556. The standard InChI is InChI=1S/C18H27NO4/c1-13(14-8-6-5-7-9-14)12-16(20)19-15(17(21)22)10-11-23-18(2,3)4/h5-9,13,15H,10-12H2,1-4H3,(H,19,20)(H,21,22). The lowest BCUT2D eigenvalue weighted by Gasteiger charge is -2.22. The monoisotopic (exact) mass is 321 g/mol. The number of nitrogens with one attached hydrogen (secondary N) is 1. The van der Waals surface area contributed by atoms with E-state index in [1.165, 1.54) is 0 Å². The molecule has 128 valence electrons. The van der Waals surface area contributed by atoms with Crippen LogP contribution >= 0.6 is 0 Å². The zero-order valence-electron chi connectivity index (χ0n) is 14.3. The predicted octanol–water partition coefficient (Wildman–Crippen LogP) is 2.95. The number of carbonyl (C=O) groups excluding carboxylic acids is 1. The maximum absolute atomic E-state index is 12.1. The normalized spacial score (nSPS) is 14.1. The lowest BCUT2D eigenvalue weighted by atomic mass is 9.97. The van der Waals surface area contributed by atoms with Gasteiger partial charge in [0.1, 0.15) is 6.04 Å². The highest BCUT2D eigenvalue weighted by Crippen LogP contribution is 2.18. The number of aliphatic carboxylic acids is 1. The van der Waals surface area contributed by atoms with Crippen LogP contribution in [0.5, 0.6) is 0 Å². The minimum Gasteiger partial charge on any atom is -0.480 e. The molecule has 23 heavy (non-hydrogen) atoms. The van der Waals surface area contributed by atoms with Gasteiger partial charge in [-0.25, -0.2) is 4.79 Å². The van der Waals surface area contributed by atoms with Crippen molar-refractivity contribution >= 4 is 11.9 Å². The highest BCUT2D eigenvalue weighted by atomic mass is 16.5. The van der Waals surface area contributed by atoms with E-state index in [9.17, 15) is 14.7 Å². The molecule has 2 atom stereocenters. The summed E-state index contributed by atoms with van der Waals surface area (Å²) in [5, 5.41) is 11.8. The van der Waals surface area contributed by atoms with Crippen LogP contribution in [0.15, 0.2) is 30.3 Å². The molecule has 0 aliphatic heterocycles.